The number of anilines is 1. The number of carbonyl (C=O) groups is 1. The maximum Gasteiger partial charge on any atom is 1.00 e. The van der Waals surface area contributed by atoms with E-state index < -0.39 is 5.97 Å². The van der Waals surface area contributed by atoms with Gasteiger partial charge in [0.05, 0.1) is 5.69 Å². The van der Waals surface area contributed by atoms with E-state index in [9.17, 15) is 9.90 Å². The van der Waals surface area contributed by atoms with Crippen LogP contribution in [0.3, 0.4) is 0 Å². The van der Waals surface area contributed by atoms with Crippen LogP contribution in [0.4, 0.5) is 5.13 Å². The van der Waals surface area contributed by atoms with E-state index in [0.29, 0.717) is 18.5 Å². The zero-order valence-corrected chi connectivity index (χ0v) is 18.7. The fraction of sp³-hybridized carbons (Fsp3) is 0.500. The zero-order chi connectivity index (χ0) is 17.8. The zero-order valence-electron chi connectivity index (χ0n) is 15.9. The molecule has 0 bridgehead atoms. The summed E-state index contributed by atoms with van der Waals surface area (Å²) in [6, 6.07) is 8.96. The fourth-order valence-electron chi connectivity index (χ4n) is 3.43. The third-order valence-electron chi connectivity index (χ3n) is 4.93. The number of hydrogen-bond donors (Lipinski definition) is 0. The van der Waals surface area contributed by atoms with Crippen molar-refractivity contribution in [3.05, 3.63) is 35.2 Å². The van der Waals surface area contributed by atoms with Crippen molar-refractivity contribution in [3.8, 4) is 11.3 Å². The number of carbonyl (C=O) groups excluding carboxylic acids is 1. The first kappa shape index (κ1) is 21.4. The minimum Gasteiger partial charge on any atom is -0.550 e. The molecule has 3 rings (SSSR count). The summed E-state index contributed by atoms with van der Waals surface area (Å²) in [5, 5.41) is 13.9. The van der Waals surface area contributed by atoms with Crippen molar-refractivity contribution in [2.75, 3.05) is 11.4 Å². The summed E-state index contributed by atoms with van der Waals surface area (Å²) in [5.41, 5.74) is 3.39. The number of nitrogens with zero attached hydrogens (tertiary/aromatic N) is 2. The molecule has 2 aromatic rings. The minimum atomic E-state index is -0.996. The standard InChI is InChI=1S/C20H26N2O2S.Na/c1-14(2)15-7-9-16(10-8-15)18-13-25-20(21-18)22(12-11-19(23)24)17-5-3-4-6-17;/h7-10,13-14,17H,3-6,11-12H2,1-2H3,(H,23,24);/q;+1/p-1. The molecule has 0 amide bonds. The molecule has 1 fully saturated rings. The van der Waals surface area contributed by atoms with Gasteiger partial charge >= 0.3 is 29.6 Å². The van der Waals surface area contributed by atoms with Crippen molar-refractivity contribution in [2.45, 2.75) is 57.9 Å². The molecule has 134 valence electrons. The van der Waals surface area contributed by atoms with Gasteiger partial charge in [-0.05, 0) is 24.3 Å². The molecule has 0 spiro atoms. The van der Waals surface area contributed by atoms with Crippen molar-refractivity contribution in [3.63, 3.8) is 0 Å². The Kier molecular flexibility index (Phi) is 8.14. The molecule has 4 nitrogen and oxygen atoms in total. The van der Waals surface area contributed by atoms with Crippen LogP contribution in [0.25, 0.3) is 11.3 Å². The summed E-state index contributed by atoms with van der Waals surface area (Å²) in [4.78, 5) is 17.9. The van der Waals surface area contributed by atoms with Crippen molar-refractivity contribution in [2.24, 2.45) is 0 Å². The largest absolute Gasteiger partial charge is 1.00 e. The summed E-state index contributed by atoms with van der Waals surface area (Å²) >= 11 is 1.60. The molecule has 0 unspecified atom stereocenters. The quantitative estimate of drug-likeness (QED) is 0.668. The van der Waals surface area contributed by atoms with E-state index in [1.165, 1.54) is 18.4 Å². The Hall–Kier alpha value is -0.880. The van der Waals surface area contributed by atoms with E-state index in [4.69, 9.17) is 4.98 Å². The van der Waals surface area contributed by atoms with Gasteiger partial charge in [-0.15, -0.1) is 11.3 Å². The van der Waals surface area contributed by atoms with Gasteiger partial charge in [0.1, 0.15) is 0 Å². The number of rotatable bonds is 7. The van der Waals surface area contributed by atoms with Crippen LogP contribution >= 0.6 is 11.3 Å². The maximum absolute atomic E-state index is 10.9. The minimum absolute atomic E-state index is 0. The molecule has 1 aliphatic rings. The van der Waals surface area contributed by atoms with Gasteiger partial charge in [-0.3, -0.25) is 0 Å². The Morgan fingerprint density at radius 2 is 1.92 bits per heavy atom. The number of carboxylic acids is 1. The van der Waals surface area contributed by atoms with E-state index in [-0.39, 0.29) is 36.0 Å². The molecule has 1 aromatic carbocycles. The third kappa shape index (κ3) is 5.32. The summed E-state index contributed by atoms with van der Waals surface area (Å²) in [6.45, 7) is 4.85. The maximum atomic E-state index is 10.9. The predicted molar refractivity (Wildman–Crippen MR) is 101 cm³/mol. The summed E-state index contributed by atoms with van der Waals surface area (Å²) < 4.78 is 0. The SMILES string of the molecule is CC(C)c1ccc(-c2csc(N(CCC(=O)[O-])C3CCCC3)n2)cc1.[Na+]. The second kappa shape index (κ2) is 9.88. The second-order valence-electron chi connectivity index (χ2n) is 7.05. The molecule has 1 saturated carbocycles. The molecular formula is C20H25N2NaO2S. The smallest absolute Gasteiger partial charge is 0.550 e. The molecule has 26 heavy (non-hydrogen) atoms. The number of thiazole rings is 1. The van der Waals surface area contributed by atoms with Crippen LogP contribution in [0, 0.1) is 0 Å². The number of benzene rings is 1. The van der Waals surface area contributed by atoms with Crippen LogP contribution < -0.4 is 39.6 Å². The van der Waals surface area contributed by atoms with Gasteiger partial charge in [0.15, 0.2) is 5.13 Å². The molecule has 0 aliphatic heterocycles. The normalized spacial score (nSPS) is 14.4. The molecule has 1 heterocycles. The van der Waals surface area contributed by atoms with Gasteiger partial charge in [-0.1, -0.05) is 51.0 Å². The molecule has 1 aromatic heterocycles. The van der Waals surface area contributed by atoms with E-state index >= 15 is 0 Å². The summed E-state index contributed by atoms with van der Waals surface area (Å²) in [7, 11) is 0. The van der Waals surface area contributed by atoms with Gasteiger partial charge in [0.25, 0.3) is 0 Å². The van der Waals surface area contributed by atoms with Crippen molar-refractivity contribution in [1.82, 2.24) is 4.98 Å². The molecule has 0 atom stereocenters. The Bertz CT molecular complexity index is 709. The fourth-order valence-corrected chi connectivity index (χ4v) is 4.36. The summed E-state index contributed by atoms with van der Waals surface area (Å²) in [5.74, 6) is -0.480. The first-order chi connectivity index (χ1) is 12.0. The number of carboxylic acid groups (broad SMARTS) is 1. The van der Waals surface area contributed by atoms with Crippen molar-refractivity contribution >= 4 is 22.4 Å². The van der Waals surface area contributed by atoms with Crippen LogP contribution in [0.2, 0.25) is 0 Å². The van der Waals surface area contributed by atoms with E-state index in [0.717, 1.165) is 29.2 Å². The second-order valence-corrected chi connectivity index (χ2v) is 7.88. The first-order valence-corrected chi connectivity index (χ1v) is 9.95. The number of aromatic nitrogens is 1. The van der Waals surface area contributed by atoms with Gasteiger partial charge in [0, 0.05) is 35.9 Å². The van der Waals surface area contributed by atoms with Gasteiger partial charge in [-0.25, -0.2) is 4.98 Å². The van der Waals surface area contributed by atoms with E-state index in [1.54, 1.807) is 11.3 Å². The first-order valence-electron chi connectivity index (χ1n) is 9.07. The van der Waals surface area contributed by atoms with E-state index in [2.05, 4.69) is 48.4 Å². The number of aliphatic carboxylic acids is 1. The topological polar surface area (TPSA) is 56.3 Å². The number of hydrogen-bond acceptors (Lipinski definition) is 5. The molecule has 0 N–H and O–H groups in total. The Balaban J connectivity index is 0.00000243. The van der Waals surface area contributed by atoms with Gasteiger partial charge in [0.2, 0.25) is 0 Å². The van der Waals surface area contributed by atoms with Crippen LogP contribution in [-0.2, 0) is 4.79 Å². The van der Waals surface area contributed by atoms with Crippen LogP contribution in [0.15, 0.2) is 29.6 Å². The van der Waals surface area contributed by atoms with Crippen LogP contribution in [0.1, 0.15) is 57.4 Å². The third-order valence-corrected chi connectivity index (χ3v) is 5.81. The molecule has 0 radical (unpaired) electrons. The average molecular weight is 380 g/mol. The van der Waals surface area contributed by atoms with E-state index in [1.807, 2.05) is 0 Å². The summed E-state index contributed by atoms with van der Waals surface area (Å²) in [6.07, 6.45) is 4.70. The van der Waals surface area contributed by atoms with Gasteiger partial charge < -0.3 is 14.8 Å². The monoisotopic (exact) mass is 380 g/mol. The molecule has 6 heteroatoms. The average Bonchev–Trinajstić information content (AvgIpc) is 3.27. The molecular weight excluding hydrogens is 355 g/mol. The van der Waals surface area contributed by atoms with Crippen molar-refractivity contribution in [1.29, 1.82) is 0 Å². The Labute approximate surface area is 181 Å². The van der Waals surface area contributed by atoms with Gasteiger partial charge in [-0.2, -0.15) is 0 Å². The van der Waals surface area contributed by atoms with Crippen molar-refractivity contribution < 1.29 is 39.5 Å². The predicted octanol–water partition coefficient (Wildman–Crippen LogP) is 0.827. The Morgan fingerprint density at radius 1 is 1.27 bits per heavy atom. The molecule has 0 saturated heterocycles. The van der Waals surface area contributed by atoms with Crippen LogP contribution in [0.5, 0.6) is 0 Å². The molecule has 1 aliphatic carbocycles. The van der Waals surface area contributed by atoms with Crippen LogP contribution in [-0.4, -0.2) is 23.5 Å². The Morgan fingerprint density at radius 3 is 2.50 bits per heavy atom.